The van der Waals surface area contributed by atoms with Crippen LogP contribution in [0.1, 0.15) is 25.0 Å². The number of hydrogen-bond donors (Lipinski definition) is 2. The van der Waals surface area contributed by atoms with E-state index in [1.807, 2.05) is 43.3 Å². The van der Waals surface area contributed by atoms with E-state index in [4.69, 9.17) is 11.6 Å². The van der Waals surface area contributed by atoms with Crippen LogP contribution in [0.5, 0.6) is 0 Å². The smallest absolute Gasteiger partial charge is 0.237 e. The number of rotatable bonds is 7. The highest BCUT2D eigenvalue weighted by molar-refractivity contribution is 8.01. The molecule has 26 heavy (non-hydrogen) atoms. The van der Waals surface area contributed by atoms with Gasteiger partial charge in [0.05, 0.1) is 11.0 Å². The van der Waals surface area contributed by atoms with Crippen molar-refractivity contribution < 1.29 is 9.59 Å². The Balaban J connectivity index is 1.80. The largest absolute Gasteiger partial charge is 0.325 e. The van der Waals surface area contributed by atoms with Crippen LogP contribution in [0.3, 0.4) is 0 Å². The van der Waals surface area contributed by atoms with Crippen molar-refractivity contribution in [2.75, 3.05) is 16.4 Å². The molecule has 2 rings (SSSR count). The topological polar surface area (TPSA) is 58.2 Å². The Morgan fingerprint density at radius 1 is 1.08 bits per heavy atom. The lowest BCUT2D eigenvalue weighted by molar-refractivity contribution is -0.115. The Labute approximate surface area is 163 Å². The number of hydrogen-bond acceptors (Lipinski definition) is 3. The molecule has 2 aromatic carbocycles. The summed E-state index contributed by atoms with van der Waals surface area (Å²) in [6, 6.07) is 13.1. The number of thioether (sulfide) groups is 1. The van der Waals surface area contributed by atoms with Gasteiger partial charge in [0.25, 0.3) is 0 Å². The Kier molecular flexibility index (Phi) is 7.54. The lowest BCUT2D eigenvalue weighted by Gasteiger charge is -2.13. The standard InChI is InChI=1S/C20H23ClN2O2S/c1-4-15-6-9-16(10-7-15)22-19(24)12-26-14(3)20(25)23-17-8-5-13(2)18(21)11-17/h5-11,14H,4,12H2,1-3H3,(H,22,24)(H,23,25)/t14-/m1/s1. The fourth-order valence-electron chi connectivity index (χ4n) is 2.21. The number of carbonyl (C=O) groups is 2. The number of amides is 2. The molecule has 0 heterocycles. The molecule has 0 aliphatic heterocycles. The van der Waals surface area contributed by atoms with Crippen molar-refractivity contribution in [3.63, 3.8) is 0 Å². The molecular formula is C20H23ClN2O2S. The fraction of sp³-hybridized carbons (Fsp3) is 0.300. The van der Waals surface area contributed by atoms with E-state index in [9.17, 15) is 9.59 Å². The number of anilines is 2. The molecule has 2 aromatic rings. The molecule has 0 saturated heterocycles. The molecule has 0 unspecified atom stereocenters. The molecule has 0 fully saturated rings. The van der Waals surface area contributed by atoms with Crippen molar-refractivity contribution in [3.8, 4) is 0 Å². The van der Waals surface area contributed by atoms with Gasteiger partial charge in [-0.05, 0) is 55.7 Å². The first kappa shape index (κ1) is 20.3. The van der Waals surface area contributed by atoms with Gasteiger partial charge in [-0.2, -0.15) is 0 Å². The van der Waals surface area contributed by atoms with Gasteiger partial charge in [0.15, 0.2) is 0 Å². The van der Waals surface area contributed by atoms with Crippen molar-refractivity contribution in [2.45, 2.75) is 32.4 Å². The molecule has 0 spiro atoms. The summed E-state index contributed by atoms with van der Waals surface area (Å²) in [6.45, 7) is 5.77. The van der Waals surface area contributed by atoms with Gasteiger partial charge in [-0.15, -0.1) is 11.8 Å². The average Bonchev–Trinajstić information content (AvgIpc) is 2.63. The second-order valence-corrected chi connectivity index (χ2v) is 7.74. The fourth-order valence-corrected chi connectivity index (χ4v) is 3.08. The Bertz CT molecular complexity index is 778. The predicted molar refractivity (Wildman–Crippen MR) is 111 cm³/mol. The molecule has 0 aliphatic rings. The highest BCUT2D eigenvalue weighted by atomic mass is 35.5. The van der Waals surface area contributed by atoms with Gasteiger partial charge in [0, 0.05) is 16.4 Å². The van der Waals surface area contributed by atoms with E-state index >= 15 is 0 Å². The van der Waals surface area contributed by atoms with E-state index in [-0.39, 0.29) is 22.8 Å². The van der Waals surface area contributed by atoms with Crippen molar-refractivity contribution in [2.24, 2.45) is 0 Å². The summed E-state index contributed by atoms with van der Waals surface area (Å²) in [5, 5.41) is 5.91. The zero-order valence-corrected chi connectivity index (χ0v) is 16.7. The minimum atomic E-state index is -0.358. The molecule has 6 heteroatoms. The van der Waals surface area contributed by atoms with E-state index in [1.165, 1.54) is 17.3 Å². The molecule has 2 N–H and O–H groups in total. The maximum atomic E-state index is 12.2. The van der Waals surface area contributed by atoms with Crippen molar-refractivity contribution in [1.29, 1.82) is 0 Å². The summed E-state index contributed by atoms with van der Waals surface area (Å²) in [4.78, 5) is 24.3. The first-order valence-electron chi connectivity index (χ1n) is 8.46. The van der Waals surface area contributed by atoms with Gasteiger partial charge in [-0.25, -0.2) is 0 Å². The van der Waals surface area contributed by atoms with E-state index in [0.29, 0.717) is 10.7 Å². The number of aryl methyl sites for hydroxylation is 2. The summed E-state index contributed by atoms with van der Waals surface area (Å²) < 4.78 is 0. The van der Waals surface area contributed by atoms with Crippen LogP contribution in [0.15, 0.2) is 42.5 Å². The first-order valence-corrected chi connectivity index (χ1v) is 9.89. The quantitative estimate of drug-likeness (QED) is 0.706. The zero-order chi connectivity index (χ0) is 19.1. The van der Waals surface area contributed by atoms with Gasteiger partial charge in [-0.1, -0.05) is 36.7 Å². The van der Waals surface area contributed by atoms with Crippen molar-refractivity contribution in [3.05, 3.63) is 58.6 Å². The van der Waals surface area contributed by atoms with E-state index in [1.54, 1.807) is 13.0 Å². The van der Waals surface area contributed by atoms with E-state index in [0.717, 1.165) is 17.7 Å². The maximum absolute atomic E-state index is 12.2. The third kappa shape index (κ3) is 6.07. The van der Waals surface area contributed by atoms with Crippen LogP contribution in [0, 0.1) is 6.92 Å². The van der Waals surface area contributed by atoms with E-state index < -0.39 is 0 Å². The van der Waals surface area contributed by atoms with Gasteiger partial charge in [0.2, 0.25) is 11.8 Å². The maximum Gasteiger partial charge on any atom is 0.237 e. The lowest BCUT2D eigenvalue weighted by atomic mass is 10.1. The average molecular weight is 391 g/mol. The second-order valence-electron chi connectivity index (χ2n) is 6.01. The van der Waals surface area contributed by atoms with Crippen LogP contribution in [0.2, 0.25) is 5.02 Å². The minimum absolute atomic E-state index is 0.128. The van der Waals surface area contributed by atoms with Gasteiger partial charge in [0.1, 0.15) is 0 Å². The van der Waals surface area contributed by atoms with Crippen LogP contribution in [0.25, 0.3) is 0 Å². The summed E-state index contributed by atoms with van der Waals surface area (Å²) in [5.74, 6) is -0.0778. The molecule has 138 valence electrons. The van der Waals surface area contributed by atoms with Crippen LogP contribution in [0.4, 0.5) is 11.4 Å². The summed E-state index contributed by atoms with van der Waals surface area (Å²) in [6.07, 6.45) is 0.961. The number of halogens is 1. The van der Waals surface area contributed by atoms with Crippen LogP contribution >= 0.6 is 23.4 Å². The summed E-state index contributed by atoms with van der Waals surface area (Å²) in [7, 11) is 0. The Hall–Kier alpha value is -1.98. The molecular weight excluding hydrogens is 368 g/mol. The number of nitrogens with one attached hydrogen (secondary N) is 2. The second kappa shape index (κ2) is 9.64. The third-order valence-corrected chi connectivity index (χ3v) is 5.47. The van der Waals surface area contributed by atoms with Crippen molar-refractivity contribution >= 4 is 46.6 Å². The lowest BCUT2D eigenvalue weighted by Crippen LogP contribution is -2.25. The van der Waals surface area contributed by atoms with Crippen LogP contribution in [-0.4, -0.2) is 22.8 Å². The number of carbonyl (C=O) groups excluding carboxylic acids is 2. The Morgan fingerprint density at radius 3 is 2.35 bits per heavy atom. The molecule has 4 nitrogen and oxygen atoms in total. The van der Waals surface area contributed by atoms with Crippen LogP contribution < -0.4 is 10.6 Å². The van der Waals surface area contributed by atoms with Gasteiger partial charge in [-0.3, -0.25) is 9.59 Å². The minimum Gasteiger partial charge on any atom is -0.325 e. The Morgan fingerprint density at radius 2 is 1.73 bits per heavy atom. The molecule has 0 bridgehead atoms. The zero-order valence-electron chi connectivity index (χ0n) is 15.1. The van der Waals surface area contributed by atoms with Gasteiger partial charge >= 0.3 is 0 Å². The molecule has 0 aromatic heterocycles. The monoisotopic (exact) mass is 390 g/mol. The normalized spacial score (nSPS) is 11.7. The molecule has 2 amide bonds. The highest BCUT2D eigenvalue weighted by Gasteiger charge is 2.16. The SMILES string of the molecule is CCc1ccc(NC(=O)CS[C@H](C)C(=O)Nc2ccc(C)c(Cl)c2)cc1. The van der Waals surface area contributed by atoms with Gasteiger partial charge < -0.3 is 10.6 Å². The predicted octanol–water partition coefficient (Wildman–Crippen LogP) is 4.91. The molecule has 0 saturated carbocycles. The summed E-state index contributed by atoms with van der Waals surface area (Å²) in [5.41, 5.74) is 3.59. The van der Waals surface area contributed by atoms with E-state index in [2.05, 4.69) is 17.6 Å². The van der Waals surface area contributed by atoms with Crippen molar-refractivity contribution in [1.82, 2.24) is 0 Å². The van der Waals surface area contributed by atoms with Crippen LogP contribution in [-0.2, 0) is 16.0 Å². The molecule has 0 aliphatic carbocycles. The highest BCUT2D eigenvalue weighted by Crippen LogP contribution is 2.21. The summed E-state index contributed by atoms with van der Waals surface area (Å²) >= 11 is 7.36. The molecule has 0 radical (unpaired) electrons. The third-order valence-electron chi connectivity index (χ3n) is 3.92. The molecule has 1 atom stereocenters. The first-order chi connectivity index (χ1) is 12.4. The number of benzene rings is 2.